The summed E-state index contributed by atoms with van der Waals surface area (Å²) in [4.78, 5) is 20.7. The molecule has 0 fully saturated rings. The minimum Gasteiger partial charge on any atom is -0.259 e. The van der Waals surface area contributed by atoms with Crippen LogP contribution < -0.4 is 0 Å². The summed E-state index contributed by atoms with van der Waals surface area (Å²) in [6.45, 7) is 1.91. The normalized spacial score (nSPS) is 18.5. The second-order valence-corrected chi connectivity index (χ2v) is 4.47. The van der Waals surface area contributed by atoms with E-state index < -0.39 is 9.85 Å². The Balaban J connectivity index is 2.35. The molecule has 0 bridgehead atoms. The molecule has 0 saturated carbocycles. The lowest BCUT2D eigenvalue weighted by Crippen LogP contribution is -2.13. The second-order valence-electron chi connectivity index (χ2n) is 4.47. The van der Waals surface area contributed by atoms with Gasteiger partial charge in [-0.3, -0.25) is 20.2 Å². The Morgan fingerprint density at radius 1 is 1.05 bits per heavy atom. The lowest BCUT2D eigenvalue weighted by Gasteiger charge is -2.18. The third kappa shape index (κ3) is 2.67. The van der Waals surface area contributed by atoms with Crippen LogP contribution in [0.1, 0.15) is 24.8 Å². The number of benzene rings is 1. The van der Waals surface area contributed by atoms with E-state index in [9.17, 15) is 20.2 Å². The third-order valence-corrected chi connectivity index (χ3v) is 3.14. The maximum Gasteiger partial charge on any atom is 0.269 e. The van der Waals surface area contributed by atoms with E-state index in [1.807, 2.05) is 6.92 Å². The monoisotopic (exact) mass is 260 g/mol. The number of allylic oxidation sites excluding steroid dienone is 4. The third-order valence-electron chi connectivity index (χ3n) is 3.14. The zero-order chi connectivity index (χ0) is 14.0. The van der Waals surface area contributed by atoms with Gasteiger partial charge < -0.3 is 0 Å². The van der Waals surface area contributed by atoms with Gasteiger partial charge in [-0.1, -0.05) is 23.8 Å². The number of nitrogens with zero attached hydrogens (tertiary/aromatic N) is 2. The molecule has 0 saturated heterocycles. The Morgan fingerprint density at radius 2 is 1.68 bits per heavy atom. The minimum absolute atomic E-state index is 0.0153. The molecular formula is C13H12N2O4. The topological polar surface area (TPSA) is 86.3 Å². The predicted octanol–water partition coefficient (Wildman–Crippen LogP) is 3.19. The van der Waals surface area contributed by atoms with Gasteiger partial charge in [-0.05, 0) is 18.9 Å². The smallest absolute Gasteiger partial charge is 0.259 e. The van der Waals surface area contributed by atoms with Crippen LogP contribution in [0.5, 0.6) is 0 Å². The van der Waals surface area contributed by atoms with Crippen LogP contribution in [0, 0.1) is 20.2 Å². The van der Waals surface area contributed by atoms with E-state index in [-0.39, 0.29) is 17.3 Å². The molecule has 0 radical (unpaired) electrons. The van der Waals surface area contributed by atoms with Crippen molar-refractivity contribution in [2.75, 3.05) is 0 Å². The fourth-order valence-electron chi connectivity index (χ4n) is 2.14. The van der Waals surface area contributed by atoms with Crippen molar-refractivity contribution in [2.45, 2.75) is 19.3 Å². The van der Waals surface area contributed by atoms with E-state index in [1.54, 1.807) is 18.2 Å². The molecule has 6 heteroatoms. The van der Waals surface area contributed by atoms with Crippen LogP contribution in [0.4, 0.5) is 5.69 Å². The number of hydrogen-bond acceptors (Lipinski definition) is 4. The molecule has 6 nitrogen and oxygen atoms in total. The molecule has 1 aromatic carbocycles. The second kappa shape index (κ2) is 5.01. The Hall–Kier alpha value is -2.50. The molecule has 0 aromatic heterocycles. The Morgan fingerprint density at radius 3 is 2.21 bits per heavy atom. The van der Waals surface area contributed by atoms with Crippen molar-refractivity contribution in [1.29, 1.82) is 0 Å². The first-order valence-corrected chi connectivity index (χ1v) is 5.75. The fraction of sp³-hybridized carbons (Fsp3) is 0.231. The van der Waals surface area contributed by atoms with Crippen LogP contribution in [0.2, 0.25) is 0 Å². The van der Waals surface area contributed by atoms with Crippen LogP contribution >= 0.6 is 0 Å². The van der Waals surface area contributed by atoms with Crippen molar-refractivity contribution in [3.05, 3.63) is 73.5 Å². The molecule has 0 aliphatic heterocycles. The van der Waals surface area contributed by atoms with Gasteiger partial charge in [-0.25, -0.2) is 0 Å². The average molecular weight is 260 g/mol. The van der Waals surface area contributed by atoms with Crippen molar-refractivity contribution in [2.24, 2.45) is 0 Å². The SMILES string of the molecule is CC1=CC=C([N+](=O)[O-])C(c2ccc([N+](=O)[O-])cc2)C1. The van der Waals surface area contributed by atoms with Crippen molar-refractivity contribution in [3.8, 4) is 0 Å². The van der Waals surface area contributed by atoms with Crippen molar-refractivity contribution in [1.82, 2.24) is 0 Å². The molecular weight excluding hydrogens is 248 g/mol. The summed E-state index contributed by atoms with van der Waals surface area (Å²) in [7, 11) is 0. The predicted molar refractivity (Wildman–Crippen MR) is 69.3 cm³/mol. The number of nitro benzene ring substituents is 1. The van der Waals surface area contributed by atoms with Crippen molar-refractivity contribution >= 4 is 5.69 Å². The van der Waals surface area contributed by atoms with Crippen LogP contribution in [0.3, 0.4) is 0 Å². The lowest BCUT2D eigenvalue weighted by molar-refractivity contribution is -0.430. The zero-order valence-electron chi connectivity index (χ0n) is 10.3. The Kier molecular flexibility index (Phi) is 3.41. The van der Waals surface area contributed by atoms with Crippen LogP contribution in [-0.2, 0) is 0 Å². The lowest BCUT2D eigenvalue weighted by atomic mass is 9.86. The zero-order valence-corrected chi connectivity index (χ0v) is 10.3. The molecule has 1 unspecified atom stereocenters. The van der Waals surface area contributed by atoms with Crippen LogP contribution in [0.25, 0.3) is 0 Å². The van der Waals surface area contributed by atoms with Crippen LogP contribution in [-0.4, -0.2) is 9.85 Å². The molecule has 1 aliphatic carbocycles. The van der Waals surface area contributed by atoms with Crippen molar-refractivity contribution in [3.63, 3.8) is 0 Å². The Labute approximate surface area is 109 Å². The average Bonchev–Trinajstić information content (AvgIpc) is 2.38. The molecule has 0 N–H and O–H groups in total. The molecule has 1 aromatic rings. The summed E-state index contributed by atoms with van der Waals surface area (Å²) in [6.07, 6.45) is 3.80. The highest BCUT2D eigenvalue weighted by atomic mass is 16.6. The van der Waals surface area contributed by atoms with Gasteiger partial charge in [0.1, 0.15) is 0 Å². The first-order chi connectivity index (χ1) is 8.99. The largest absolute Gasteiger partial charge is 0.269 e. The first kappa shape index (κ1) is 12.9. The van der Waals surface area contributed by atoms with Gasteiger partial charge in [-0.15, -0.1) is 0 Å². The molecule has 0 heterocycles. The van der Waals surface area contributed by atoms with E-state index in [0.29, 0.717) is 6.42 Å². The number of nitro groups is 2. The van der Waals surface area contributed by atoms with Crippen molar-refractivity contribution < 1.29 is 9.85 Å². The van der Waals surface area contributed by atoms with E-state index in [0.717, 1.165) is 11.1 Å². The van der Waals surface area contributed by atoms with Crippen LogP contribution in [0.15, 0.2) is 47.7 Å². The van der Waals surface area contributed by atoms with Gasteiger partial charge in [0.05, 0.1) is 15.8 Å². The van der Waals surface area contributed by atoms with Gasteiger partial charge in [-0.2, -0.15) is 0 Å². The molecule has 0 spiro atoms. The van der Waals surface area contributed by atoms with Gasteiger partial charge in [0.25, 0.3) is 11.4 Å². The fourth-order valence-corrected chi connectivity index (χ4v) is 2.14. The van der Waals surface area contributed by atoms with E-state index in [1.165, 1.54) is 18.2 Å². The van der Waals surface area contributed by atoms with E-state index in [2.05, 4.69) is 0 Å². The quantitative estimate of drug-likeness (QED) is 0.616. The number of rotatable bonds is 3. The van der Waals surface area contributed by atoms with Gasteiger partial charge in [0.2, 0.25) is 0 Å². The maximum atomic E-state index is 11.0. The minimum atomic E-state index is -0.486. The van der Waals surface area contributed by atoms with E-state index >= 15 is 0 Å². The first-order valence-electron chi connectivity index (χ1n) is 5.75. The van der Waals surface area contributed by atoms with E-state index in [4.69, 9.17) is 0 Å². The summed E-state index contributed by atoms with van der Waals surface area (Å²) in [6, 6.07) is 5.92. The number of non-ortho nitro benzene ring substituents is 1. The van der Waals surface area contributed by atoms with Gasteiger partial charge in [0.15, 0.2) is 0 Å². The highest BCUT2D eigenvalue weighted by Crippen LogP contribution is 2.34. The standard InChI is InChI=1S/C13H12N2O4/c1-9-2-7-13(15(18)19)12(8-9)10-3-5-11(6-4-10)14(16)17/h2-7,12H,8H2,1H3. The van der Waals surface area contributed by atoms with Gasteiger partial charge in [0, 0.05) is 18.2 Å². The highest BCUT2D eigenvalue weighted by molar-refractivity contribution is 5.39. The summed E-state index contributed by atoms with van der Waals surface area (Å²) < 4.78 is 0. The molecule has 2 rings (SSSR count). The molecule has 19 heavy (non-hydrogen) atoms. The molecule has 1 aliphatic rings. The van der Waals surface area contributed by atoms with Gasteiger partial charge >= 0.3 is 0 Å². The number of hydrogen-bond donors (Lipinski definition) is 0. The summed E-state index contributed by atoms with van der Waals surface area (Å²) in [5.41, 5.74) is 1.88. The highest BCUT2D eigenvalue weighted by Gasteiger charge is 2.28. The summed E-state index contributed by atoms with van der Waals surface area (Å²) in [5, 5.41) is 21.6. The molecule has 98 valence electrons. The molecule has 0 amide bonds. The summed E-state index contributed by atoms with van der Waals surface area (Å²) >= 11 is 0. The maximum absolute atomic E-state index is 11.0. The Bertz CT molecular complexity index is 587. The summed E-state index contributed by atoms with van der Waals surface area (Å²) in [5.74, 6) is -0.346. The molecule has 1 atom stereocenters.